The summed E-state index contributed by atoms with van der Waals surface area (Å²) in [5.41, 5.74) is 7.68. The van der Waals surface area contributed by atoms with Gasteiger partial charge in [0, 0.05) is 24.2 Å². The molecule has 5 nitrogen and oxygen atoms in total. The van der Waals surface area contributed by atoms with Gasteiger partial charge in [-0.1, -0.05) is 12.1 Å². The molecule has 1 atom stereocenters. The van der Waals surface area contributed by atoms with Crippen molar-refractivity contribution in [2.75, 3.05) is 11.9 Å². The van der Waals surface area contributed by atoms with Crippen LogP contribution in [0.25, 0.3) is 0 Å². The van der Waals surface area contributed by atoms with Crippen LogP contribution in [-0.2, 0) is 16.0 Å². The molecule has 0 radical (unpaired) electrons. The Kier molecular flexibility index (Phi) is 6.02. The van der Waals surface area contributed by atoms with Gasteiger partial charge in [0.2, 0.25) is 11.8 Å². The Morgan fingerprint density at radius 3 is 2.35 bits per heavy atom. The number of rotatable bonds is 7. The molecule has 2 aliphatic rings. The number of hydrogen-bond acceptors (Lipinski definition) is 3. The smallest absolute Gasteiger partial charge is 0.227 e. The molecular weight excluding hydrogens is 314 g/mol. The predicted molar refractivity (Wildman–Crippen MR) is 92.5 cm³/mol. The van der Waals surface area contributed by atoms with Crippen molar-refractivity contribution < 1.29 is 9.59 Å². The predicted octanol–water partition coefficient (Wildman–Crippen LogP) is 1.85. The third kappa shape index (κ3) is 5.52. The Hall–Kier alpha value is -1.59. The summed E-state index contributed by atoms with van der Waals surface area (Å²) in [6.07, 6.45) is 4.70. The Morgan fingerprint density at radius 2 is 1.78 bits per heavy atom. The lowest BCUT2D eigenvalue weighted by atomic mass is 10.1. The molecule has 3 rings (SSSR count). The van der Waals surface area contributed by atoms with E-state index in [-0.39, 0.29) is 36.2 Å². The minimum Gasteiger partial charge on any atom is -0.354 e. The van der Waals surface area contributed by atoms with Crippen LogP contribution in [0.15, 0.2) is 24.3 Å². The zero-order valence-corrected chi connectivity index (χ0v) is 13.9. The number of carbonyl (C=O) groups is 2. The molecule has 6 heteroatoms. The third-order valence-electron chi connectivity index (χ3n) is 4.30. The van der Waals surface area contributed by atoms with Crippen molar-refractivity contribution in [3.63, 3.8) is 0 Å². The van der Waals surface area contributed by atoms with E-state index in [1.54, 1.807) is 0 Å². The van der Waals surface area contributed by atoms with E-state index in [0.717, 1.165) is 24.1 Å². The van der Waals surface area contributed by atoms with Gasteiger partial charge in [0.15, 0.2) is 0 Å². The van der Waals surface area contributed by atoms with Crippen LogP contribution in [-0.4, -0.2) is 24.4 Å². The molecule has 0 spiro atoms. The van der Waals surface area contributed by atoms with Crippen LogP contribution in [0.4, 0.5) is 5.69 Å². The minimum absolute atomic E-state index is 0. The molecule has 2 saturated carbocycles. The van der Waals surface area contributed by atoms with Crippen LogP contribution in [0.2, 0.25) is 0 Å². The van der Waals surface area contributed by atoms with Gasteiger partial charge in [-0.2, -0.15) is 0 Å². The minimum atomic E-state index is -0.00846. The van der Waals surface area contributed by atoms with Crippen molar-refractivity contribution >= 4 is 29.9 Å². The average Bonchev–Trinajstić information content (AvgIpc) is 3.39. The maximum absolute atomic E-state index is 11.9. The van der Waals surface area contributed by atoms with Crippen molar-refractivity contribution in [3.8, 4) is 0 Å². The van der Waals surface area contributed by atoms with Crippen LogP contribution in [0, 0.1) is 11.8 Å². The Bertz CT molecular complexity index is 553. The summed E-state index contributed by atoms with van der Waals surface area (Å²) in [4.78, 5) is 23.5. The fourth-order valence-electron chi connectivity index (χ4n) is 2.47. The zero-order valence-electron chi connectivity index (χ0n) is 13.1. The highest BCUT2D eigenvalue weighted by Gasteiger charge is 2.29. The second kappa shape index (κ2) is 7.79. The lowest BCUT2D eigenvalue weighted by Crippen LogP contribution is -2.39. The first-order valence-electron chi connectivity index (χ1n) is 8.04. The molecule has 1 unspecified atom stereocenters. The summed E-state index contributed by atoms with van der Waals surface area (Å²) in [5.74, 6) is 0.876. The number of benzene rings is 1. The van der Waals surface area contributed by atoms with E-state index in [9.17, 15) is 9.59 Å². The molecule has 0 aliphatic heterocycles. The van der Waals surface area contributed by atoms with Crippen molar-refractivity contribution in [3.05, 3.63) is 29.8 Å². The lowest BCUT2D eigenvalue weighted by Gasteiger charge is -2.11. The molecule has 0 heterocycles. The highest BCUT2D eigenvalue weighted by atomic mass is 35.5. The van der Waals surface area contributed by atoms with Gasteiger partial charge in [0.1, 0.15) is 0 Å². The average molecular weight is 338 g/mol. The summed E-state index contributed by atoms with van der Waals surface area (Å²) in [6.45, 7) is 0.555. The van der Waals surface area contributed by atoms with Gasteiger partial charge in [0.25, 0.3) is 0 Å². The van der Waals surface area contributed by atoms with Crippen LogP contribution >= 0.6 is 12.4 Å². The number of halogens is 1. The van der Waals surface area contributed by atoms with Gasteiger partial charge in [-0.05, 0) is 49.3 Å². The van der Waals surface area contributed by atoms with E-state index < -0.39 is 0 Å². The van der Waals surface area contributed by atoms with E-state index in [1.807, 2.05) is 24.3 Å². The van der Waals surface area contributed by atoms with Gasteiger partial charge in [-0.3, -0.25) is 9.59 Å². The van der Waals surface area contributed by atoms with Crippen molar-refractivity contribution in [2.24, 2.45) is 17.6 Å². The molecule has 2 amide bonds. The highest BCUT2D eigenvalue weighted by Crippen LogP contribution is 2.31. The fourth-order valence-corrected chi connectivity index (χ4v) is 2.47. The van der Waals surface area contributed by atoms with Gasteiger partial charge >= 0.3 is 0 Å². The summed E-state index contributed by atoms with van der Waals surface area (Å²) in [5, 5.41) is 5.78. The Labute approximate surface area is 142 Å². The number of anilines is 1. The highest BCUT2D eigenvalue weighted by molar-refractivity contribution is 5.94. The van der Waals surface area contributed by atoms with E-state index in [0.29, 0.717) is 18.9 Å². The van der Waals surface area contributed by atoms with Gasteiger partial charge in [-0.25, -0.2) is 0 Å². The molecular formula is C17H24ClN3O2. The summed E-state index contributed by atoms with van der Waals surface area (Å²) in [6, 6.07) is 7.53. The summed E-state index contributed by atoms with van der Waals surface area (Å²) < 4.78 is 0. The molecule has 2 fully saturated rings. The molecule has 23 heavy (non-hydrogen) atoms. The molecule has 126 valence electrons. The zero-order chi connectivity index (χ0) is 15.5. The molecule has 1 aromatic carbocycles. The van der Waals surface area contributed by atoms with Gasteiger partial charge < -0.3 is 16.4 Å². The maximum atomic E-state index is 11.9. The number of amides is 2. The molecule has 0 saturated heterocycles. The Morgan fingerprint density at radius 1 is 1.13 bits per heavy atom. The molecule has 2 aliphatic carbocycles. The lowest BCUT2D eigenvalue weighted by molar-refractivity contribution is -0.120. The molecule has 1 aromatic rings. The number of nitrogens with one attached hydrogen (secondary N) is 2. The largest absolute Gasteiger partial charge is 0.354 e. The molecule has 0 bridgehead atoms. The summed E-state index contributed by atoms with van der Waals surface area (Å²) in [7, 11) is 0. The quantitative estimate of drug-likeness (QED) is 0.710. The first kappa shape index (κ1) is 17.8. The number of nitrogens with two attached hydrogens (primary N) is 1. The number of carbonyl (C=O) groups excluding carboxylic acids is 2. The van der Waals surface area contributed by atoms with E-state index in [4.69, 9.17) is 5.73 Å². The van der Waals surface area contributed by atoms with Crippen LogP contribution in [0.1, 0.15) is 31.2 Å². The van der Waals surface area contributed by atoms with Crippen LogP contribution in [0.5, 0.6) is 0 Å². The maximum Gasteiger partial charge on any atom is 0.227 e. The van der Waals surface area contributed by atoms with Crippen molar-refractivity contribution in [2.45, 2.75) is 38.1 Å². The monoisotopic (exact) mass is 337 g/mol. The number of hydrogen-bond donors (Lipinski definition) is 3. The molecule has 0 aromatic heterocycles. The van der Waals surface area contributed by atoms with E-state index in [1.165, 1.54) is 12.8 Å². The van der Waals surface area contributed by atoms with Gasteiger partial charge in [0.05, 0.1) is 6.42 Å². The van der Waals surface area contributed by atoms with Crippen LogP contribution in [0.3, 0.4) is 0 Å². The summed E-state index contributed by atoms with van der Waals surface area (Å²) >= 11 is 0. The normalized spacial score (nSPS) is 17.8. The van der Waals surface area contributed by atoms with Crippen molar-refractivity contribution in [1.29, 1.82) is 0 Å². The standard InChI is InChI=1S/C17H23N3O2.ClH/c18-15(12-3-4-12)10-19-16(21)9-11-1-7-14(8-2-11)20-17(22)13-5-6-13;/h1-2,7-8,12-13,15H,3-6,9-10,18H2,(H,19,21)(H,20,22);1H. The second-order valence-corrected chi connectivity index (χ2v) is 6.44. The van der Waals surface area contributed by atoms with Crippen LogP contribution < -0.4 is 16.4 Å². The third-order valence-corrected chi connectivity index (χ3v) is 4.30. The fraction of sp³-hybridized carbons (Fsp3) is 0.529. The first-order chi connectivity index (χ1) is 10.6. The van der Waals surface area contributed by atoms with Gasteiger partial charge in [-0.15, -0.1) is 12.4 Å². The topological polar surface area (TPSA) is 84.2 Å². The molecule has 4 N–H and O–H groups in total. The first-order valence-corrected chi connectivity index (χ1v) is 8.04. The SMILES string of the molecule is Cl.NC(CNC(=O)Cc1ccc(NC(=O)C2CC2)cc1)C1CC1. The second-order valence-electron chi connectivity index (χ2n) is 6.44. The Balaban J connectivity index is 0.00000192. The van der Waals surface area contributed by atoms with E-state index >= 15 is 0 Å². The van der Waals surface area contributed by atoms with Crippen molar-refractivity contribution in [1.82, 2.24) is 5.32 Å². The van der Waals surface area contributed by atoms with E-state index in [2.05, 4.69) is 10.6 Å².